The monoisotopic (exact) mass is 308 g/mol. The summed E-state index contributed by atoms with van der Waals surface area (Å²) in [7, 11) is 0. The van der Waals surface area contributed by atoms with Crippen LogP contribution >= 0.6 is 0 Å². The fraction of sp³-hybridized carbons (Fsp3) is 0.412. The lowest BCUT2D eigenvalue weighted by Crippen LogP contribution is -2.33. The van der Waals surface area contributed by atoms with Crippen LogP contribution in [0, 0.1) is 13.8 Å². The van der Waals surface area contributed by atoms with Gasteiger partial charge in [-0.25, -0.2) is 14.5 Å². The topological polar surface area (TPSA) is 59.2 Å². The van der Waals surface area contributed by atoms with Gasteiger partial charge in [-0.05, 0) is 32.8 Å². The number of anilines is 1. The smallest absolute Gasteiger partial charge is 0.155 e. The zero-order chi connectivity index (χ0) is 15.8. The van der Waals surface area contributed by atoms with Crippen molar-refractivity contribution in [2.24, 2.45) is 0 Å². The van der Waals surface area contributed by atoms with Gasteiger partial charge >= 0.3 is 0 Å². The average Bonchev–Trinajstić information content (AvgIpc) is 2.97. The second kappa shape index (κ2) is 5.61. The van der Waals surface area contributed by atoms with Crippen molar-refractivity contribution in [1.82, 2.24) is 24.6 Å². The molecular weight excluding hydrogens is 288 g/mol. The molecule has 1 aliphatic rings. The summed E-state index contributed by atoms with van der Waals surface area (Å²) in [6.45, 7) is 6.09. The van der Waals surface area contributed by atoms with E-state index in [9.17, 15) is 0 Å². The summed E-state index contributed by atoms with van der Waals surface area (Å²) in [5, 5.41) is 4.48. The average molecular weight is 308 g/mol. The standard InChI is InChI=1S/C17H20N6/c1-12-9-16-20-15(10-13(2)23(16)21-12)14-3-7-22(8-4-14)17-11-18-5-6-19-17/h5-6,9-11,14H,3-4,7-8H2,1-2H3. The van der Waals surface area contributed by atoms with Gasteiger partial charge in [0.25, 0.3) is 0 Å². The SMILES string of the molecule is Cc1cc2nc(C3CCN(c4cnccn4)CC3)cc(C)n2n1. The maximum absolute atomic E-state index is 4.83. The number of hydrogen-bond acceptors (Lipinski definition) is 5. The number of rotatable bonds is 2. The van der Waals surface area contributed by atoms with E-state index in [1.165, 1.54) is 5.69 Å². The van der Waals surface area contributed by atoms with E-state index in [0.717, 1.165) is 48.8 Å². The van der Waals surface area contributed by atoms with Gasteiger partial charge in [0.15, 0.2) is 5.65 Å². The number of nitrogens with zero attached hydrogens (tertiary/aromatic N) is 6. The Morgan fingerprint density at radius 1 is 1.09 bits per heavy atom. The Morgan fingerprint density at radius 3 is 2.65 bits per heavy atom. The molecule has 0 bridgehead atoms. The number of piperidine rings is 1. The van der Waals surface area contributed by atoms with Crippen molar-refractivity contribution in [3.05, 3.63) is 47.8 Å². The Hall–Kier alpha value is -2.50. The van der Waals surface area contributed by atoms with E-state index in [2.05, 4.69) is 33.0 Å². The van der Waals surface area contributed by atoms with Gasteiger partial charge < -0.3 is 4.90 Å². The highest BCUT2D eigenvalue weighted by Crippen LogP contribution is 2.29. The molecule has 0 spiro atoms. The van der Waals surface area contributed by atoms with Gasteiger partial charge in [-0.3, -0.25) is 4.98 Å². The molecule has 1 saturated heterocycles. The summed E-state index contributed by atoms with van der Waals surface area (Å²) in [4.78, 5) is 15.7. The van der Waals surface area contributed by atoms with Crippen LogP contribution in [0.15, 0.2) is 30.7 Å². The zero-order valence-corrected chi connectivity index (χ0v) is 13.5. The van der Waals surface area contributed by atoms with Crippen molar-refractivity contribution in [2.45, 2.75) is 32.6 Å². The van der Waals surface area contributed by atoms with Crippen LogP contribution in [0.4, 0.5) is 5.82 Å². The van der Waals surface area contributed by atoms with Crippen LogP contribution in [0.5, 0.6) is 0 Å². The molecule has 3 aromatic rings. The minimum absolute atomic E-state index is 0.502. The molecule has 0 aliphatic carbocycles. The van der Waals surface area contributed by atoms with Gasteiger partial charge in [-0.2, -0.15) is 5.10 Å². The molecule has 0 amide bonds. The van der Waals surface area contributed by atoms with Crippen molar-refractivity contribution in [3.8, 4) is 0 Å². The fourth-order valence-corrected chi connectivity index (χ4v) is 3.33. The quantitative estimate of drug-likeness (QED) is 0.728. The molecule has 4 heterocycles. The van der Waals surface area contributed by atoms with E-state index in [0.29, 0.717) is 5.92 Å². The molecule has 6 heteroatoms. The van der Waals surface area contributed by atoms with Crippen LogP contribution in [0.3, 0.4) is 0 Å². The first-order valence-electron chi connectivity index (χ1n) is 8.05. The molecule has 0 radical (unpaired) electrons. The molecule has 1 aliphatic heterocycles. The van der Waals surface area contributed by atoms with Gasteiger partial charge in [0.1, 0.15) is 5.82 Å². The van der Waals surface area contributed by atoms with Crippen molar-refractivity contribution < 1.29 is 0 Å². The predicted octanol–water partition coefficient (Wildman–Crippen LogP) is 2.52. The number of fused-ring (bicyclic) bond motifs is 1. The highest BCUT2D eigenvalue weighted by atomic mass is 15.3. The minimum Gasteiger partial charge on any atom is -0.355 e. The normalized spacial score (nSPS) is 16.2. The van der Waals surface area contributed by atoms with Gasteiger partial charge in [0, 0.05) is 48.9 Å². The lowest BCUT2D eigenvalue weighted by molar-refractivity contribution is 0.493. The predicted molar refractivity (Wildman–Crippen MR) is 88.7 cm³/mol. The first-order chi connectivity index (χ1) is 11.2. The van der Waals surface area contributed by atoms with Crippen LogP contribution < -0.4 is 4.90 Å². The molecule has 4 rings (SSSR count). The Bertz CT molecular complexity index is 818. The summed E-state index contributed by atoms with van der Waals surface area (Å²) in [5.74, 6) is 1.47. The van der Waals surface area contributed by atoms with Gasteiger partial charge in [0.2, 0.25) is 0 Å². The third kappa shape index (κ3) is 2.65. The minimum atomic E-state index is 0.502. The summed E-state index contributed by atoms with van der Waals surface area (Å²) in [5.41, 5.74) is 4.30. The molecule has 0 aromatic carbocycles. The van der Waals surface area contributed by atoms with E-state index >= 15 is 0 Å². The largest absolute Gasteiger partial charge is 0.355 e. The Labute approximate surface area is 135 Å². The summed E-state index contributed by atoms with van der Waals surface area (Å²) >= 11 is 0. The van der Waals surface area contributed by atoms with E-state index in [4.69, 9.17) is 4.98 Å². The highest BCUT2D eigenvalue weighted by Gasteiger charge is 2.23. The van der Waals surface area contributed by atoms with Crippen molar-refractivity contribution >= 4 is 11.5 Å². The van der Waals surface area contributed by atoms with Crippen molar-refractivity contribution in [3.63, 3.8) is 0 Å². The lowest BCUT2D eigenvalue weighted by atomic mass is 9.93. The Balaban J connectivity index is 1.54. The third-order valence-corrected chi connectivity index (χ3v) is 4.53. The fourth-order valence-electron chi connectivity index (χ4n) is 3.33. The molecule has 0 N–H and O–H groups in total. The molecule has 0 atom stereocenters. The van der Waals surface area contributed by atoms with Crippen LogP contribution in [0.25, 0.3) is 5.65 Å². The van der Waals surface area contributed by atoms with E-state index < -0.39 is 0 Å². The molecule has 1 fully saturated rings. The van der Waals surface area contributed by atoms with Crippen LogP contribution in [0.1, 0.15) is 35.8 Å². The summed E-state index contributed by atoms with van der Waals surface area (Å²) in [6, 6.07) is 4.23. The van der Waals surface area contributed by atoms with Crippen molar-refractivity contribution in [2.75, 3.05) is 18.0 Å². The summed E-state index contributed by atoms with van der Waals surface area (Å²) in [6.07, 6.45) is 7.48. The molecule has 23 heavy (non-hydrogen) atoms. The van der Waals surface area contributed by atoms with Crippen LogP contribution in [0.2, 0.25) is 0 Å². The Morgan fingerprint density at radius 2 is 1.91 bits per heavy atom. The molecule has 0 unspecified atom stereocenters. The summed E-state index contributed by atoms with van der Waals surface area (Å²) < 4.78 is 1.92. The first kappa shape index (κ1) is 14.1. The van der Waals surface area contributed by atoms with E-state index in [1.807, 2.05) is 23.7 Å². The number of hydrogen-bond donors (Lipinski definition) is 0. The second-order valence-electron chi connectivity index (χ2n) is 6.20. The maximum Gasteiger partial charge on any atom is 0.155 e. The third-order valence-electron chi connectivity index (χ3n) is 4.53. The number of aryl methyl sites for hydroxylation is 2. The lowest BCUT2D eigenvalue weighted by Gasteiger charge is -2.32. The maximum atomic E-state index is 4.83. The molecular formula is C17H20N6. The zero-order valence-electron chi connectivity index (χ0n) is 13.5. The van der Waals surface area contributed by atoms with Gasteiger partial charge in [0.05, 0.1) is 11.9 Å². The molecule has 3 aromatic heterocycles. The first-order valence-corrected chi connectivity index (χ1v) is 8.05. The van der Waals surface area contributed by atoms with Gasteiger partial charge in [-0.15, -0.1) is 0 Å². The number of aromatic nitrogens is 5. The molecule has 6 nitrogen and oxygen atoms in total. The molecule has 0 saturated carbocycles. The second-order valence-corrected chi connectivity index (χ2v) is 6.20. The van der Waals surface area contributed by atoms with Crippen molar-refractivity contribution in [1.29, 1.82) is 0 Å². The van der Waals surface area contributed by atoms with E-state index in [1.54, 1.807) is 12.4 Å². The van der Waals surface area contributed by atoms with Crippen LogP contribution in [-0.4, -0.2) is 37.7 Å². The van der Waals surface area contributed by atoms with Crippen LogP contribution in [-0.2, 0) is 0 Å². The van der Waals surface area contributed by atoms with E-state index in [-0.39, 0.29) is 0 Å². The Kier molecular flexibility index (Phi) is 3.44. The van der Waals surface area contributed by atoms with Gasteiger partial charge in [-0.1, -0.05) is 0 Å². The highest BCUT2D eigenvalue weighted by molar-refractivity contribution is 5.42. The molecule has 118 valence electrons.